The van der Waals surface area contributed by atoms with Crippen molar-refractivity contribution in [3.8, 4) is 17.2 Å². The van der Waals surface area contributed by atoms with Crippen LogP contribution in [0.2, 0.25) is 0 Å². The summed E-state index contributed by atoms with van der Waals surface area (Å²) in [5, 5.41) is 38.9. The second kappa shape index (κ2) is 22.0. The summed E-state index contributed by atoms with van der Waals surface area (Å²) in [7, 11) is 3.12. The minimum absolute atomic E-state index is 0.00671. The number of ether oxygens (including phenoxy) is 2. The van der Waals surface area contributed by atoms with Gasteiger partial charge in [-0.05, 0) is 50.4 Å². The monoisotopic (exact) mass is 819 g/mol. The van der Waals surface area contributed by atoms with Crippen molar-refractivity contribution in [3.05, 3.63) is 57.8 Å². The number of phenols is 2. The van der Waals surface area contributed by atoms with Crippen LogP contribution in [0.3, 0.4) is 0 Å². The van der Waals surface area contributed by atoms with Gasteiger partial charge in [0, 0.05) is 68.4 Å². The van der Waals surface area contributed by atoms with Gasteiger partial charge in [-0.15, -0.1) is 0 Å². The number of nitrogens with one attached hydrogen (secondary N) is 1. The lowest BCUT2D eigenvalue weighted by Gasteiger charge is -2.36. The van der Waals surface area contributed by atoms with Crippen molar-refractivity contribution in [2.75, 3.05) is 39.2 Å². The summed E-state index contributed by atoms with van der Waals surface area (Å²) in [6.45, 7) is 26.4. The number of anilines is 1. The molecule has 0 aromatic heterocycles. The molecular formula is C48H74N4O7. The van der Waals surface area contributed by atoms with Crippen LogP contribution in [0.5, 0.6) is 17.2 Å². The van der Waals surface area contributed by atoms with Crippen LogP contribution in [0.1, 0.15) is 124 Å². The summed E-state index contributed by atoms with van der Waals surface area (Å²) in [6, 6.07) is 0. The highest BCUT2D eigenvalue weighted by molar-refractivity contribution is 6.16. The smallest absolute Gasteiger partial charge is 0.251 e. The Morgan fingerprint density at radius 2 is 1.54 bits per heavy atom. The summed E-state index contributed by atoms with van der Waals surface area (Å²) >= 11 is 0. The minimum Gasteiger partial charge on any atom is -0.507 e. The zero-order valence-electron chi connectivity index (χ0n) is 38.4. The molecule has 59 heavy (non-hydrogen) atoms. The van der Waals surface area contributed by atoms with E-state index in [4.69, 9.17) is 19.5 Å². The number of piperidine rings is 1. The summed E-state index contributed by atoms with van der Waals surface area (Å²) in [6.07, 6.45) is 11.2. The lowest BCUT2D eigenvalue weighted by atomic mass is 9.80. The van der Waals surface area contributed by atoms with Gasteiger partial charge in [-0.3, -0.25) is 19.6 Å². The molecule has 0 unspecified atom stereocenters. The Kier molecular flexibility index (Phi) is 18.4. The second-order valence-electron chi connectivity index (χ2n) is 16.7. The molecule has 2 aromatic carbocycles. The summed E-state index contributed by atoms with van der Waals surface area (Å²) in [5.74, 6) is -0.665. The Hall–Kier alpha value is -4.06. The van der Waals surface area contributed by atoms with Crippen molar-refractivity contribution in [1.82, 2.24) is 4.90 Å². The number of aromatic hydroxyl groups is 2. The largest absolute Gasteiger partial charge is 0.507 e. The maximum Gasteiger partial charge on any atom is 0.251 e. The highest BCUT2D eigenvalue weighted by Gasteiger charge is 2.39. The molecular weight excluding hydrogens is 745 g/mol. The summed E-state index contributed by atoms with van der Waals surface area (Å²) in [5.41, 5.74) is 0.0310. The number of rotatable bonds is 4. The number of Topliss-reactive ketones (excluding diaryl/α,β-unsaturated/α-hetero) is 1. The third kappa shape index (κ3) is 11.0. The van der Waals surface area contributed by atoms with Gasteiger partial charge in [0.05, 0.1) is 35.6 Å². The first-order valence-corrected chi connectivity index (χ1v) is 21.9. The number of amides is 1. The Bertz CT molecular complexity index is 1990. The van der Waals surface area contributed by atoms with E-state index < -0.39 is 17.7 Å². The van der Waals surface area contributed by atoms with E-state index in [0.717, 1.165) is 26.1 Å². The average molecular weight is 819 g/mol. The fraction of sp³-hybridized carbons (Fsp3) is 0.625. The number of carbonyl (C=O) groups excluding carboxylic acids is 2. The number of likely N-dealkylation sites (tertiary alicyclic amines) is 1. The van der Waals surface area contributed by atoms with Crippen LogP contribution in [-0.4, -0.2) is 83.6 Å². The molecule has 2 bridgehead atoms. The van der Waals surface area contributed by atoms with Gasteiger partial charge in [0.1, 0.15) is 22.5 Å². The van der Waals surface area contributed by atoms with E-state index in [1.807, 2.05) is 65.8 Å². The number of allylic oxidation sites excluding steroid dienone is 5. The predicted molar refractivity (Wildman–Crippen MR) is 239 cm³/mol. The SMILES string of the molecule is CC.CC.COc1c(C)c(O)c2c(O)c3c4c(c2c1C(=O)C/C=C/C[C@@H](C)[C@@H](OC)[C@H](C)[C@H](O)[C@H](C)C[C@@H](C)/C=C/C=C(/C)C(=O)N3)=NC1(CCN(CC(C)C)CC1)N=4. The fourth-order valence-corrected chi connectivity index (χ4v) is 8.81. The fourth-order valence-electron chi connectivity index (χ4n) is 8.81. The van der Waals surface area contributed by atoms with Gasteiger partial charge >= 0.3 is 0 Å². The van der Waals surface area contributed by atoms with Crippen LogP contribution in [0.4, 0.5) is 5.69 Å². The quantitative estimate of drug-likeness (QED) is 0.177. The minimum atomic E-state index is -0.866. The van der Waals surface area contributed by atoms with Crippen molar-refractivity contribution in [2.24, 2.45) is 39.6 Å². The molecule has 3 heterocycles. The number of benzene rings is 2. The van der Waals surface area contributed by atoms with Crippen molar-refractivity contribution in [3.63, 3.8) is 0 Å². The van der Waals surface area contributed by atoms with E-state index in [1.54, 1.807) is 27.0 Å². The molecule has 328 valence electrons. The van der Waals surface area contributed by atoms with Crippen LogP contribution in [-0.2, 0) is 9.53 Å². The van der Waals surface area contributed by atoms with Gasteiger partial charge in [0.25, 0.3) is 5.91 Å². The molecule has 6 atom stereocenters. The molecule has 0 saturated carbocycles. The number of aliphatic hydroxyl groups excluding tert-OH is 1. The molecule has 11 heteroatoms. The lowest BCUT2D eigenvalue weighted by Crippen LogP contribution is -2.43. The molecule has 1 saturated heterocycles. The maximum atomic E-state index is 14.4. The first kappa shape index (κ1) is 49.3. The summed E-state index contributed by atoms with van der Waals surface area (Å²) in [4.78, 5) is 41.0. The third-order valence-electron chi connectivity index (χ3n) is 11.8. The molecule has 3 aliphatic heterocycles. The van der Waals surface area contributed by atoms with Gasteiger partial charge in [0.2, 0.25) is 0 Å². The number of hydrogen-bond donors (Lipinski definition) is 4. The van der Waals surface area contributed by atoms with Crippen LogP contribution >= 0.6 is 0 Å². The van der Waals surface area contributed by atoms with Crippen LogP contribution < -0.4 is 20.8 Å². The van der Waals surface area contributed by atoms with Crippen molar-refractivity contribution < 1.29 is 34.4 Å². The van der Waals surface area contributed by atoms with Crippen molar-refractivity contribution >= 4 is 28.2 Å². The van der Waals surface area contributed by atoms with Crippen LogP contribution in [0.15, 0.2) is 45.9 Å². The molecule has 4 N–H and O–H groups in total. The van der Waals surface area contributed by atoms with Crippen LogP contribution in [0.25, 0.3) is 10.8 Å². The molecule has 3 aliphatic rings. The van der Waals surface area contributed by atoms with Crippen LogP contribution in [0, 0.1) is 36.5 Å². The van der Waals surface area contributed by atoms with E-state index in [9.17, 15) is 24.9 Å². The number of hydrogen-bond acceptors (Lipinski definition) is 10. The molecule has 1 amide bonds. The first-order valence-electron chi connectivity index (χ1n) is 21.9. The maximum absolute atomic E-state index is 14.4. The molecule has 0 aliphatic carbocycles. The van der Waals surface area contributed by atoms with E-state index in [-0.39, 0.29) is 92.2 Å². The molecule has 2 aromatic rings. The van der Waals surface area contributed by atoms with Crippen molar-refractivity contribution in [2.45, 2.75) is 133 Å². The van der Waals surface area contributed by atoms with Gasteiger partial charge in [-0.25, -0.2) is 0 Å². The normalized spacial score (nSPS) is 27.3. The molecule has 1 fully saturated rings. The van der Waals surface area contributed by atoms with Gasteiger partial charge < -0.3 is 35.0 Å². The highest BCUT2D eigenvalue weighted by atomic mass is 16.5. The van der Waals surface area contributed by atoms with Gasteiger partial charge in [0.15, 0.2) is 17.2 Å². The van der Waals surface area contributed by atoms with Gasteiger partial charge in [-0.2, -0.15) is 0 Å². The topological polar surface area (TPSA) is 153 Å². The number of methoxy groups -OCH3 is 2. The van der Waals surface area contributed by atoms with E-state index in [1.165, 1.54) is 7.11 Å². The van der Waals surface area contributed by atoms with Gasteiger partial charge in [-0.1, -0.05) is 99.6 Å². The van der Waals surface area contributed by atoms with E-state index in [2.05, 4.69) is 37.9 Å². The second-order valence-corrected chi connectivity index (χ2v) is 16.7. The first-order chi connectivity index (χ1) is 28.0. The Balaban J connectivity index is 0.00000225. The number of aliphatic hydroxyl groups is 1. The number of nitrogens with zero attached hydrogens (tertiary/aromatic N) is 3. The molecule has 11 nitrogen and oxygen atoms in total. The molecule has 0 radical (unpaired) electrons. The average Bonchev–Trinajstić information content (AvgIpc) is 3.59. The lowest BCUT2D eigenvalue weighted by molar-refractivity contribution is -0.112. The van der Waals surface area contributed by atoms with E-state index in [0.29, 0.717) is 36.1 Å². The molecule has 1 spiro atoms. The van der Waals surface area contributed by atoms with Crippen molar-refractivity contribution in [1.29, 1.82) is 0 Å². The zero-order chi connectivity index (χ0) is 44.4. The van der Waals surface area contributed by atoms with E-state index >= 15 is 0 Å². The number of carbonyl (C=O) groups is 2. The third-order valence-corrected chi connectivity index (χ3v) is 11.8. The number of phenolic OH excluding ortho intramolecular Hbond substituents is 2. The Morgan fingerprint density at radius 1 is 0.915 bits per heavy atom. The summed E-state index contributed by atoms with van der Waals surface area (Å²) < 4.78 is 11.8. The number of ketones is 1. The Labute approximate surface area is 353 Å². The molecule has 5 rings (SSSR count). The standard InChI is InChI=1S/C44H62N4O7.2C2H6/c1-24(2)23-48-20-18-44(19-21-48)46-35-33-32-31(49)17-12-11-15-26(4)41(54-9)29(7)38(50)28(6)22-25(3)14-13-16-27(5)43(53)45-37(36(35)47-44)40(52)34(33)39(51)30(8)42(32)55-10;2*1-2/h11-14,16,24-26,28-29,38,41,50-52H,15,17-23H2,1-10H3,(H,45,53);2*1-2H3/b12-11+,14-13+,27-16-;;/t25-,26+,28+,29+,38+,41+;;/m0../s1. The zero-order valence-corrected chi connectivity index (χ0v) is 38.4. The highest BCUT2D eigenvalue weighted by Crippen LogP contribution is 2.45. The predicted octanol–water partition coefficient (Wildman–Crippen LogP) is 8.61. The Morgan fingerprint density at radius 3 is 2.14 bits per heavy atom.